The molecule has 0 aliphatic rings. The highest BCUT2D eigenvalue weighted by Gasteiger charge is 2.04. The van der Waals surface area contributed by atoms with Gasteiger partial charge in [0.1, 0.15) is 0 Å². The molecule has 1 rings (SSSR count). The normalized spacial score (nSPS) is 11.6. The van der Waals surface area contributed by atoms with Crippen LogP contribution in [0.25, 0.3) is 0 Å². The Morgan fingerprint density at radius 2 is 2.13 bits per heavy atom. The Bertz CT molecular complexity index is 326. The molecule has 0 heterocycles. The molecule has 80 valence electrons. The Balaban J connectivity index is 2.36. The summed E-state index contributed by atoms with van der Waals surface area (Å²) in [5, 5.41) is 0. The molecular formula is C12H16N2S. The summed E-state index contributed by atoms with van der Waals surface area (Å²) in [7, 11) is 0. The molecule has 2 nitrogen and oxygen atoms in total. The highest BCUT2D eigenvalue weighted by molar-refractivity contribution is 7.99. The zero-order valence-electron chi connectivity index (χ0n) is 8.86. The Labute approximate surface area is 95.6 Å². The van der Waals surface area contributed by atoms with Crippen LogP contribution >= 0.6 is 11.8 Å². The van der Waals surface area contributed by atoms with E-state index < -0.39 is 0 Å². The molecule has 15 heavy (non-hydrogen) atoms. The topological polar surface area (TPSA) is 38.0 Å². The quantitative estimate of drug-likeness (QED) is 0.345. The minimum Gasteiger partial charge on any atom is -0.271 e. The lowest BCUT2D eigenvalue weighted by Gasteiger charge is -2.11. The molecule has 1 atom stereocenters. The number of hydrazine groups is 1. The van der Waals surface area contributed by atoms with E-state index in [1.165, 1.54) is 4.90 Å². The molecule has 0 fully saturated rings. The van der Waals surface area contributed by atoms with Gasteiger partial charge in [0, 0.05) is 23.1 Å². The standard InChI is InChI=1S/C12H16N2S/c1-2-3-7-11(14-13)10-15-12-8-5-4-6-9-12/h4-6,8-9,11,14H,7,10,13H2,1H3. The van der Waals surface area contributed by atoms with Crippen molar-refractivity contribution in [1.29, 1.82) is 0 Å². The number of thioether (sulfide) groups is 1. The van der Waals surface area contributed by atoms with Gasteiger partial charge in [0.05, 0.1) is 0 Å². The first-order valence-electron chi connectivity index (χ1n) is 4.90. The summed E-state index contributed by atoms with van der Waals surface area (Å²) in [6.45, 7) is 1.85. The number of benzene rings is 1. The van der Waals surface area contributed by atoms with Gasteiger partial charge in [0.2, 0.25) is 0 Å². The maximum atomic E-state index is 5.45. The van der Waals surface area contributed by atoms with Crippen molar-refractivity contribution in [2.45, 2.75) is 24.3 Å². The Morgan fingerprint density at radius 3 is 2.73 bits per heavy atom. The minimum absolute atomic E-state index is 0.252. The van der Waals surface area contributed by atoms with Gasteiger partial charge in [-0.1, -0.05) is 18.2 Å². The zero-order chi connectivity index (χ0) is 10.9. The zero-order valence-corrected chi connectivity index (χ0v) is 9.68. The van der Waals surface area contributed by atoms with E-state index in [9.17, 15) is 0 Å². The summed E-state index contributed by atoms with van der Waals surface area (Å²) in [5.41, 5.74) is 2.78. The summed E-state index contributed by atoms with van der Waals surface area (Å²) < 4.78 is 0. The smallest absolute Gasteiger partial charge is 0.0413 e. The van der Waals surface area contributed by atoms with E-state index in [0.29, 0.717) is 0 Å². The van der Waals surface area contributed by atoms with Crippen molar-refractivity contribution >= 4 is 11.8 Å². The van der Waals surface area contributed by atoms with Crippen LogP contribution in [0, 0.1) is 11.8 Å². The lowest BCUT2D eigenvalue weighted by Crippen LogP contribution is -2.36. The summed E-state index contributed by atoms with van der Waals surface area (Å²) in [4.78, 5) is 1.27. The van der Waals surface area contributed by atoms with Crippen molar-refractivity contribution in [3.63, 3.8) is 0 Å². The van der Waals surface area contributed by atoms with Gasteiger partial charge in [-0.05, 0) is 19.1 Å². The molecule has 1 aromatic rings. The fourth-order valence-electron chi connectivity index (χ4n) is 1.10. The molecule has 0 aliphatic heterocycles. The van der Waals surface area contributed by atoms with Crippen molar-refractivity contribution in [3.8, 4) is 11.8 Å². The fourth-order valence-corrected chi connectivity index (χ4v) is 2.06. The summed E-state index contributed by atoms with van der Waals surface area (Å²) in [5.74, 6) is 12.3. The first-order valence-corrected chi connectivity index (χ1v) is 5.89. The van der Waals surface area contributed by atoms with Gasteiger partial charge in [0.25, 0.3) is 0 Å². The number of nitrogens with two attached hydrogens (primary N) is 1. The minimum atomic E-state index is 0.252. The largest absolute Gasteiger partial charge is 0.271 e. The first kappa shape index (κ1) is 12.1. The number of hydrogen-bond donors (Lipinski definition) is 2. The SMILES string of the molecule is CC#CCC(CSc1ccccc1)NN. The van der Waals surface area contributed by atoms with Gasteiger partial charge in [-0.3, -0.25) is 11.3 Å². The summed E-state index contributed by atoms with van der Waals surface area (Å²) in [6, 6.07) is 10.6. The third kappa shape index (κ3) is 4.89. The van der Waals surface area contributed by atoms with Crippen LogP contribution in [-0.4, -0.2) is 11.8 Å². The lowest BCUT2D eigenvalue weighted by atomic mass is 10.2. The second-order valence-electron chi connectivity index (χ2n) is 3.12. The molecule has 0 bridgehead atoms. The van der Waals surface area contributed by atoms with Crippen LogP contribution in [0.3, 0.4) is 0 Å². The molecule has 3 N–H and O–H groups in total. The Kier molecular flexibility index (Phi) is 5.94. The van der Waals surface area contributed by atoms with Crippen LogP contribution in [0.5, 0.6) is 0 Å². The number of hydrogen-bond acceptors (Lipinski definition) is 3. The molecule has 0 saturated heterocycles. The Morgan fingerprint density at radius 1 is 1.40 bits per heavy atom. The summed E-state index contributed by atoms with van der Waals surface area (Å²) in [6.07, 6.45) is 0.798. The van der Waals surface area contributed by atoms with Crippen molar-refractivity contribution in [2.24, 2.45) is 5.84 Å². The molecule has 3 heteroatoms. The van der Waals surface area contributed by atoms with Gasteiger partial charge in [-0.2, -0.15) is 0 Å². The van der Waals surface area contributed by atoms with Crippen LogP contribution in [0.1, 0.15) is 13.3 Å². The van der Waals surface area contributed by atoms with Crippen LogP contribution in [0.2, 0.25) is 0 Å². The van der Waals surface area contributed by atoms with E-state index in [2.05, 4.69) is 29.4 Å². The Hall–Kier alpha value is -0.950. The monoisotopic (exact) mass is 220 g/mol. The highest BCUT2D eigenvalue weighted by atomic mass is 32.2. The van der Waals surface area contributed by atoms with Crippen LogP contribution < -0.4 is 11.3 Å². The molecule has 1 aromatic carbocycles. The summed E-state index contributed by atoms with van der Waals surface area (Å²) >= 11 is 1.79. The maximum Gasteiger partial charge on any atom is 0.0413 e. The van der Waals surface area contributed by atoms with Crippen molar-refractivity contribution in [3.05, 3.63) is 30.3 Å². The van der Waals surface area contributed by atoms with Gasteiger partial charge in [-0.25, -0.2) is 0 Å². The van der Waals surface area contributed by atoms with E-state index in [0.717, 1.165) is 12.2 Å². The van der Waals surface area contributed by atoms with Gasteiger partial charge < -0.3 is 0 Å². The molecule has 0 spiro atoms. The van der Waals surface area contributed by atoms with E-state index in [1.807, 2.05) is 25.1 Å². The maximum absolute atomic E-state index is 5.45. The lowest BCUT2D eigenvalue weighted by molar-refractivity contribution is 0.591. The van der Waals surface area contributed by atoms with Gasteiger partial charge in [0.15, 0.2) is 0 Å². The van der Waals surface area contributed by atoms with Crippen molar-refractivity contribution in [1.82, 2.24) is 5.43 Å². The second kappa shape index (κ2) is 7.36. The predicted molar refractivity (Wildman–Crippen MR) is 66.3 cm³/mol. The predicted octanol–water partition coefficient (Wildman–Crippen LogP) is 2.02. The molecule has 0 saturated carbocycles. The molecule has 1 unspecified atom stereocenters. The van der Waals surface area contributed by atoms with Gasteiger partial charge >= 0.3 is 0 Å². The highest BCUT2D eigenvalue weighted by Crippen LogP contribution is 2.18. The molecule has 0 amide bonds. The average molecular weight is 220 g/mol. The van der Waals surface area contributed by atoms with Crippen molar-refractivity contribution < 1.29 is 0 Å². The third-order valence-corrected chi connectivity index (χ3v) is 3.13. The van der Waals surface area contributed by atoms with Crippen LogP contribution in [0.15, 0.2) is 35.2 Å². The second-order valence-corrected chi connectivity index (χ2v) is 4.21. The van der Waals surface area contributed by atoms with E-state index in [-0.39, 0.29) is 6.04 Å². The van der Waals surface area contributed by atoms with Crippen LogP contribution in [0.4, 0.5) is 0 Å². The number of nitrogens with one attached hydrogen (secondary N) is 1. The van der Waals surface area contributed by atoms with E-state index >= 15 is 0 Å². The van der Waals surface area contributed by atoms with Gasteiger partial charge in [-0.15, -0.1) is 23.6 Å². The molecule has 0 aliphatic carbocycles. The third-order valence-electron chi connectivity index (χ3n) is 1.96. The molecule has 0 aromatic heterocycles. The molecule has 0 radical (unpaired) electrons. The average Bonchev–Trinajstić information content (AvgIpc) is 2.31. The van der Waals surface area contributed by atoms with E-state index in [4.69, 9.17) is 5.84 Å². The number of rotatable bonds is 5. The van der Waals surface area contributed by atoms with Crippen molar-refractivity contribution in [2.75, 3.05) is 5.75 Å². The van der Waals surface area contributed by atoms with Crippen LogP contribution in [-0.2, 0) is 0 Å². The fraction of sp³-hybridized carbons (Fsp3) is 0.333. The molecular weight excluding hydrogens is 204 g/mol. The first-order chi connectivity index (χ1) is 7.36. The van der Waals surface area contributed by atoms with E-state index in [1.54, 1.807) is 11.8 Å².